The highest BCUT2D eigenvalue weighted by Crippen LogP contribution is 1.99. The van der Waals surface area contributed by atoms with Crippen molar-refractivity contribution in [2.75, 3.05) is 14.1 Å². The van der Waals surface area contributed by atoms with Crippen LogP contribution in [0.15, 0.2) is 5.10 Å². The van der Waals surface area contributed by atoms with E-state index in [0.717, 1.165) is 0 Å². The number of rotatable bonds is 1. The molecule has 1 unspecified atom stereocenters. The molecule has 0 bridgehead atoms. The Bertz CT molecular complexity index is 189. The summed E-state index contributed by atoms with van der Waals surface area (Å²) < 4.78 is 0. The first-order chi connectivity index (χ1) is 5.16. The molecule has 0 radical (unpaired) electrons. The lowest BCUT2D eigenvalue weighted by Gasteiger charge is -2.20. The topological polar surface area (TPSA) is 74.0 Å². The van der Waals surface area contributed by atoms with E-state index in [0.29, 0.717) is 12.2 Å². The molecule has 1 atom stereocenters. The van der Waals surface area contributed by atoms with Gasteiger partial charge in [0.25, 0.3) is 0 Å². The molecule has 0 aromatic rings. The van der Waals surface area contributed by atoms with E-state index in [1.165, 1.54) is 5.01 Å². The average Bonchev–Trinajstić information content (AvgIpc) is 2.30. The average molecular weight is 157 g/mol. The van der Waals surface area contributed by atoms with E-state index in [-0.39, 0.29) is 0 Å². The highest BCUT2D eigenvalue weighted by atomic mass is 16.1. The molecule has 0 fully saturated rings. The van der Waals surface area contributed by atoms with Gasteiger partial charge in [-0.25, -0.2) is 10.9 Å². The summed E-state index contributed by atoms with van der Waals surface area (Å²) in [5.41, 5.74) is 2.57. The highest BCUT2D eigenvalue weighted by molar-refractivity contribution is 5.83. The van der Waals surface area contributed by atoms with Gasteiger partial charge in [-0.3, -0.25) is 10.2 Å². The molecule has 1 aliphatic rings. The summed E-state index contributed by atoms with van der Waals surface area (Å²) in [6.07, 6.45) is 0.160. The van der Waals surface area contributed by atoms with Gasteiger partial charge in [-0.15, -0.1) is 5.10 Å². The summed E-state index contributed by atoms with van der Waals surface area (Å²) in [5, 5.41) is 5.10. The lowest BCUT2D eigenvalue weighted by atomic mass is 10.5. The monoisotopic (exact) mass is 157 g/mol. The zero-order chi connectivity index (χ0) is 8.43. The molecule has 6 nitrogen and oxygen atoms in total. The Labute approximate surface area is 64.6 Å². The Morgan fingerprint density at radius 3 is 2.73 bits per heavy atom. The van der Waals surface area contributed by atoms with Crippen molar-refractivity contribution >= 4 is 12.2 Å². The number of hydrogen-bond acceptors (Lipinski definition) is 6. The van der Waals surface area contributed by atoms with E-state index in [1.807, 2.05) is 0 Å². The third-order valence-electron chi connectivity index (χ3n) is 1.36. The third kappa shape index (κ3) is 1.25. The minimum Gasteiger partial charge on any atom is -0.346 e. The molecule has 6 heteroatoms. The number of nitrogens with two attached hydrogens (primary N) is 1. The predicted molar refractivity (Wildman–Crippen MR) is 40.1 cm³/mol. The van der Waals surface area contributed by atoms with Gasteiger partial charge < -0.3 is 4.90 Å². The molecule has 0 saturated heterocycles. The molecule has 0 aromatic heterocycles. The summed E-state index contributed by atoms with van der Waals surface area (Å²) in [5.74, 6) is 6.05. The zero-order valence-corrected chi connectivity index (χ0v) is 6.48. The molecule has 0 aromatic carbocycles. The number of hydrogen-bond donors (Lipinski definition) is 2. The number of hydrazone groups is 1. The molecule has 0 saturated carbocycles. The van der Waals surface area contributed by atoms with Gasteiger partial charge in [-0.2, -0.15) is 0 Å². The van der Waals surface area contributed by atoms with E-state index in [1.54, 1.807) is 19.0 Å². The summed E-state index contributed by atoms with van der Waals surface area (Å²) >= 11 is 0. The maximum absolute atomic E-state index is 10.3. The van der Waals surface area contributed by atoms with Gasteiger partial charge in [-0.05, 0) is 0 Å². The Morgan fingerprint density at radius 1 is 1.82 bits per heavy atom. The van der Waals surface area contributed by atoms with Crippen LogP contribution in [0.5, 0.6) is 0 Å². The second-order valence-corrected chi connectivity index (χ2v) is 2.42. The quantitative estimate of drug-likeness (QED) is 0.344. The van der Waals surface area contributed by atoms with Crippen molar-refractivity contribution in [2.24, 2.45) is 10.9 Å². The first-order valence-corrected chi connectivity index (χ1v) is 3.16. The molecule has 0 aliphatic carbocycles. The largest absolute Gasteiger partial charge is 0.346 e. The van der Waals surface area contributed by atoms with Crippen LogP contribution in [-0.2, 0) is 4.79 Å². The molecule has 11 heavy (non-hydrogen) atoms. The summed E-state index contributed by atoms with van der Waals surface area (Å²) in [6.45, 7) is 0. The van der Waals surface area contributed by atoms with Gasteiger partial charge in [0, 0.05) is 14.1 Å². The van der Waals surface area contributed by atoms with Crippen molar-refractivity contribution in [3.05, 3.63) is 0 Å². The number of nitrogens with one attached hydrogen (secondary N) is 1. The van der Waals surface area contributed by atoms with Crippen molar-refractivity contribution < 1.29 is 4.79 Å². The maximum atomic E-state index is 10.3. The van der Waals surface area contributed by atoms with E-state index in [4.69, 9.17) is 5.84 Å². The Kier molecular flexibility index (Phi) is 1.95. The van der Waals surface area contributed by atoms with Gasteiger partial charge >= 0.3 is 0 Å². The Morgan fingerprint density at radius 2 is 2.45 bits per heavy atom. The highest BCUT2D eigenvalue weighted by Gasteiger charge is 2.25. The molecule has 0 spiro atoms. The maximum Gasteiger partial charge on any atom is 0.235 e. The van der Waals surface area contributed by atoms with Crippen LogP contribution in [0.2, 0.25) is 0 Å². The molecular formula is C5H11N5O. The molecule has 1 aliphatic heterocycles. The number of nitrogens with zero attached hydrogens (tertiary/aromatic N) is 3. The molecule has 1 heterocycles. The van der Waals surface area contributed by atoms with Crippen LogP contribution in [0.3, 0.4) is 0 Å². The second-order valence-electron chi connectivity index (χ2n) is 2.42. The van der Waals surface area contributed by atoms with Crippen LogP contribution < -0.4 is 11.3 Å². The minimum absolute atomic E-state index is 0.535. The number of aldehydes is 1. The van der Waals surface area contributed by atoms with Crippen LogP contribution in [-0.4, -0.2) is 42.4 Å². The first-order valence-electron chi connectivity index (χ1n) is 3.16. The van der Waals surface area contributed by atoms with Gasteiger partial charge in [0.2, 0.25) is 5.96 Å². The number of guanidine groups is 1. The Hall–Kier alpha value is -1.30. The first kappa shape index (κ1) is 7.80. The summed E-state index contributed by atoms with van der Waals surface area (Å²) in [6, 6.07) is 0. The van der Waals surface area contributed by atoms with E-state index in [9.17, 15) is 4.79 Å². The zero-order valence-electron chi connectivity index (χ0n) is 6.48. The van der Waals surface area contributed by atoms with E-state index in [2.05, 4.69) is 10.5 Å². The predicted octanol–water partition coefficient (Wildman–Crippen LogP) is -1.88. The van der Waals surface area contributed by atoms with E-state index >= 15 is 0 Å². The smallest absolute Gasteiger partial charge is 0.235 e. The molecule has 3 N–H and O–H groups in total. The fourth-order valence-electron chi connectivity index (χ4n) is 0.795. The van der Waals surface area contributed by atoms with Crippen LogP contribution in [0.25, 0.3) is 0 Å². The van der Waals surface area contributed by atoms with Crippen LogP contribution in [0.4, 0.5) is 0 Å². The van der Waals surface area contributed by atoms with Crippen LogP contribution in [0.1, 0.15) is 0 Å². The normalized spacial score (nSPS) is 22.6. The molecule has 1 rings (SSSR count). The molecule has 0 amide bonds. The molecule has 62 valence electrons. The fourth-order valence-corrected chi connectivity index (χ4v) is 0.795. The Balaban J connectivity index is 2.66. The van der Waals surface area contributed by atoms with Gasteiger partial charge in [-0.1, -0.05) is 0 Å². The van der Waals surface area contributed by atoms with Crippen LogP contribution >= 0.6 is 0 Å². The summed E-state index contributed by atoms with van der Waals surface area (Å²) in [7, 11) is 3.60. The number of carbonyl (C=O) groups is 1. The van der Waals surface area contributed by atoms with Crippen molar-refractivity contribution in [1.29, 1.82) is 0 Å². The van der Waals surface area contributed by atoms with Crippen molar-refractivity contribution in [1.82, 2.24) is 15.3 Å². The van der Waals surface area contributed by atoms with Gasteiger partial charge in [0.15, 0.2) is 12.5 Å². The number of carbonyl (C=O) groups excluding carboxylic acids is 1. The third-order valence-corrected chi connectivity index (χ3v) is 1.36. The standard InChI is InChI=1S/C5H11N5O/c1-9(2)5-8-7-4(3-11)10(5)6/h3-4,7H,6H2,1-2H3. The van der Waals surface area contributed by atoms with Crippen LogP contribution in [0, 0.1) is 0 Å². The number of hydrazine groups is 1. The second kappa shape index (κ2) is 2.75. The lowest BCUT2D eigenvalue weighted by molar-refractivity contribution is -0.111. The lowest BCUT2D eigenvalue weighted by Crippen LogP contribution is -2.50. The fraction of sp³-hybridized carbons (Fsp3) is 0.600. The van der Waals surface area contributed by atoms with Crippen molar-refractivity contribution in [2.45, 2.75) is 6.17 Å². The SMILES string of the molecule is CN(C)C1=NNC(C=O)N1N. The van der Waals surface area contributed by atoms with Gasteiger partial charge in [0.1, 0.15) is 0 Å². The van der Waals surface area contributed by atoms with Crippen molar-refractivity contribution in [3.63, 3.8) is 0 Å². The molecular weight excluding hydrogens is 146 g/mol. The van der Waals surface area contributed by atoms with Gasteiger partial charge in [0.05, 0.1) is 0 Å². The van der Waals surface area contributed by atoms with Crippen molar-refractivity contribution in [3.8, 4) is 0 Å². The summed E-state index contributed by atoms with van der Waals surface area (Å²) in [4.78, 5) is 12.0. The minimum atomic E-state index is -0.535. The van der Waals surface area contributed by atoms with E-state index < -0.39 is 6.17 Å².